The summed E-state index contributed by atoms with van der Waals surface area (Å²) in [6, 6.07) is 13.3. The standard InChI is InChI=1S/C27H30N8O/c1-17-8-21(10-22-9-18(2)32-33-22)31-27(30-17)19-4-7-26(29-12-19)34-15-23-11-24(16-34)35(23)14-20-5-6-25(36-3)13-28-20/h4-9,12-13,23-24H,10-11,14-16H2,1-3H3,(H,32,33). The molecule has 1 N–H and O–H groups in total. The number of anilines is 1. The van der Waals surface area contributed by atoms with Crippen molar-refractivity contribution in [2.45, 2.75) is 45.3 Å². The van der Waals surface area contributed by atoms with Gasteiger partial charge in [0.1, 0.15) is 11.6 Å². The number of aryl methyl sites for hydroxylation is 2. The van der Waals surface area contributed by atoms with Crippen LogP contribution in [0.3, 0.4) is 0 Å². The van der Waals surface area contributed by atoms with Gasteiger partial charge >= 0.3 is 0 Å². The van der Waals surface area contributed by atoms with Crippen molar-refractivity contribution in [3.63, 3.8) is 0 Å². The number of hydrogen-bond acceptors (Lipinski definition) is 8. The molecule has 0 radical (unpaired) electrons. The lowest BCUT2D eigenvalue weighted by atomic mass is 9.87. The van der Waals surface area contributed by atoms with Crippen LogP contribution in [0.2, 0.25) is 0 Å². The molecule has 36 heavy (non-hydrogen) atoms. The van der Waals surface area contributed by atoms with Crippen LogP contribution in [0.1, 0.15) is 34.9 Å². The highest BCUT2D eigenvalue weighted by Crippen LogP contribution is 2.35. The first-order valence-corrected chi connectivity index (χ1v) is 12.4. The summed E-state index contributed by atoms with van der Waals surface area (Å²) in [5, 5.41) is 7.33. The third kappa shape index (κ3) is 4.54. The second-order valence-corrected chi connectivity index (χ2v) is 9.76. The molecular formula is C27H30N8O. The fraction of sp³-hybridized carbons (Fsp3) is 0.370. The second-order valence-electron chi connectivity index (χ2n) is 9.76. The number of ether oxygens (including phenoxy) is 1. The molecular weight excluding hydrogens is 452 g/mol. The molecule has 3 saturated heterocycles. The quantitative estimate of drug-likeness (QED) is 0.429. The first-order chi connectivity index (χ1) is 17.5. The van der Waals surface area contributed by atoms with Gasteiger partial charge in [-0.05, 0) is 56.7 Å². The summed E-state index contributed by atoms with van der Waals surface area (Å²) >= 11 is 0. The van der Waals surface area contributed by atoms with E-state index < -0.39 is 0 Å². The molecule has 3 aliphatic heterocycles. The highest BCUT2D eigenvalue weighted by molar-refractivity contribution is 5.57. The molecule has 9 heteroatoms. The summed E-state index contributed by atoms with van der Waals surface area (Å²) < 4.78 is 5.22. The molecule has 0 aromatic carbocycles. The molecule has 2 unspecified atom stereocenters. The molecule has 7 heterocycles. The second kappa shape index (κ2) is 9.31. The van der Waals surface area contributed by atoms with Crippen LogP contribution in [0.5, 0.6) is 5.75 Å². The number of methoxy groups -OCH3 is 1. The van der Waals surface area contributed by atoms with Crippen LogP contribution in [0, 0.1) is 13.8 Å². The van der Waals surface area contributed by atoms with Crippen molar-refractivity contribution < 1.29 is 4.74 Å². The van der Waals surface area contributed by atoms with Crippen LogP contribution >= 0.6 is 0 Å². The minimum atomic E-state index is 0.530. The summed E-state index contributed by atoms with van der Waals surface area (Å²) in [4.78, 5) is 23.7. The van der Waals surface area contributed by atoms with Gasteiger partial charge in [-0.25, -0.2) is 15.0 Å². The Kier molecular flexibility index (Phi) is 5.85. The third-order valence-corrected chi connectivity index (χ3v) is 7.08. The zero-order valence-electron chi connectivity index (χ0n) is 20.8. The topological polar surface area (TPSA) is 96.0 Å². The number of aromatic amines is 1. The molecule has 0 aliphatic carbocycles. The molecule has 4 aromatic rings. The van der Waals surface area contributed by atoms with Crippen LogP contribution in [-0.2, 0) is 13.0 Å². The predicted octanol–water partition coefficient (Wildman–Crippen LogP) is 3.34. The summed E-state index contributed by atoms with van der Waals surface area (Å²) in [6.07, 6.45) is 5.60. The predicted molar refractivity (Wildman–Crippen MR) is 137 cm³/mol. The van der Waals surface area contributed by atoms with Gasteiger partial charge in [0.15, 0.2) is 5.82 Å². The Bertz CT molecular complexity index is 1340. The van der Waals surface area contributed by atoms with Gasteiger partial charge in [0.2, 0.25) is 0 Å². The smallest absolute Gasteiger partial charge is 0.161 e. The van der Waals surface area contributed by atoms with E-state index in [4.69, 9.17) is 14.7 Å². The highest BCUT2D eigenvalue weighted by Gasteiger charge is 2.44. The molecule has 0 amide bonds. The number of piperidine rings is 1. The average molecular weight is 483 g/mol. The molecule has 3 aliphatic rings. The fourth-order valence-corrected chi connectivity index (χ4v) is 5.25. The van der Waals surface area contributed by atoms with E-state index in [0.717, 1.165) is 65.2 Å². The molecule has 2 bridgehead atoms. The van der Waals surface area contributed by atoms with E-state index in [1.54, 1.807) is 13.3 Å². The van der Waals surface area contributed by atoms with Crippen molar-refractivity contribution in [1.29, 1.82) is 0 Å². The lowest BCUT2D eigenvalue weighted by Gasteiger charge is -2.56. The Morgan fingerprint density at radius 3 is 2.47 bits per heavy atom. The number of nitrogens with one attached hydrogen (secondary N) is 1. The van der Waals surface area contributed by atoms with Crippen LogP contribution < -0.4 is 9.64 Å². The van der Waals surface area contributed by atoms with Gasteiger partial charge in [-0.15, -0.1) is 0 Å². The van der Waals surface area contributed by atoms with Gasteiger partial charge in [-0.1, -0.05) is 0 Å². The molecule has 184 valence electrons. The van der Waals surface area contributed by atoms with Crippen molar-refractivity contribution >= 4 is 5.82 Å². The minimum absolute atomic E-state index is 0.530. The summed E-state index contributed by atoms with van der Waals surface area (Å²) in [7, 11) is 1.67. The first kappa shape index (κ1) is 22.6. The van der Waals surface area contributed by atoms with E-state index in [2.05, 4.69) is 48.2 Å². The van der Waals surface area contributed by atoms with E-state index in [1.807, 2.05) is 38.2 Å². The normalized spacial score (nSPS) is 19.2. The Morgan fingerprint density at radius 2 is 1.81 bits per heavy atom. The Hall–Kier alpha value is -3.85. The highest BCUT2D eigenvalue weighted by atomic mass is 16.5. The molecule has 9 nitrogen and oxygen atoms in total. The summed E-state index contributed by atoms with van der Waals surface area (Å²) in [5.74, 6) is 2.51. The number of nitrogens with zero attached hydrogens (tertiary/aromatic N) is 7. The maximum absolute atomic E-state index is 5.22. The van der Waals surface area contributed by atoms with Crippen molar-refractivity contribution in [3.8, 4) is 17.1 Å². The number of pyridine rings is 2. The fourth-order valence-electron chi connectivity index (χ4n) is 5.25. The maximum atomic E-state index is 5.22. The number of fused-ring (bicyclic) bond motifs is 2. The maximum Gasteiger partial charge on any atom is 0.161 e. The molecule has 7 rings (SSSR count). The average Bonchev–Trinajstić information content (AvgIpc) is 3.31. The SMILES string of the molecule is COc1ccc(CN2C3CC2CN(c2ccc(-c4nc(C)cc(Cc5cc(C)[nH]n5)n4)cn2)C3)nc1. The van der Waals surface area contributed by atoms with Gasteiger partial charge < -0.3 is 9.64 Å². The number of rotatable bonds is 7. The van der Waals surface area contributed by atoms with Crippen molar-refractivity contribution in [2.75, 3.05) is 25.1 Å². The number of piperazine rings is 1. The van der Waals surface area contributed by atoms with Crippen LogP contribution in [0.15, 0.2) is 48.8 Å². The van der Waals surface area contributed by atoms with E-state index >= 15 is 0 Å². The monoisotopic (exact) mass is 482 g/mol. The number of hydrogen-bond donors (Lipinski definition) is 1. The molecule has 0 saturated carbocycles. The number of aromatic nitrogens is 6. The molecule has 3 fully saturated rings. The zero-order valence-corrected chi connectivity index (χ0v) is 20.8. The lowest BCUT2D eigenvalue weighted by Crippen LogP contribution is -2.68. The van der Waals surface area contributed by atoms with Crippen LogP contribution in [0.25, 0.3) is 11.4 Å². The van der Waals surface area contributed by atoms with Gasteiger partial charge in [-0.3, -0.25) is 15.0 Å². The van der Waals surface area contributed by atoms with Gasteiger partial charge in [-0.2, -0.15) is 5.10 Å². The Labute approximate surface area is 210 Å². The first-order valence-electron chi connectivity index (χ1n) is 12.4. The largest absolute Gasteiger partial charge is 0.495 e. The van der Waals surface area contributed by atoms with Gasteiger partial charge in [0.05, 0.1) is 30.4 Å². The van der Waals surface area contributed by atoms with Gasteiger partial charge in [0.25, 0.3) is 0 Å². The summed E-state index contributed by atoms with van der Waals surface area (Å²) in [5.41, 5.74) is 5.93. The van der Waals surface area contributed by atoms with Gasteiger partial charge in [0, 0.05) is 61.3 Å². The van der Waals surface area contributed by atoms with Crippen molar-refractivity contribution in [3.05, 3.63) is 77.3 Å². The van der Waals surface area contributed by atoms with E-state index in [1.165, 1.54) is 6.42 Å². The Morgan fingerprint density at radius 1 is 0.944 bits per heavy atom. The van der Waals surface area contributed by atoms with Crippen molar-refractivity contribution in [1.82, 2.24) is 35.0 Å². The molecule has 2 atom stereocenters. The van der Waals surface area contributed by atoms with Crippen molar-refractivity contribution in [2.24, 2.45) is 0 Å². The summed E-state index contributed by atoms with van der Waals surface area (Å²) in [6.45, 7) is 6.84. The Balaban J connectivity index is 1.11. The van der Waals surface area contributed by atoms with Crippen LogP contribution in [0.4, 0.5) is 5.82 Å². The van der Waals surface area contributed by atoms with E-state index in [0.29, 0.717) is 24.3 Å². The minimum Gasteiger partial charge on any atom is -0.495 e. The zero-order chi connectivity index (χ0) is 24.6. The molecule has 0 spiro atoms. The van der Waals surface area contributed by atoms with E-state index in [-0.39, 0.29) is 0 Å². The molecule has 4 aromatic heterocycles. The lowest BCUT2D eigenvalue weighted by molar-refractivity contribution is -0.00969. The third-order valence-electron chi connectivity index (χ3n) is 7.08. The number of H-pyrrole nitrogens is 1. The van der Waals surface area contributed by atoms with Crippen LogP contribution in [-0.4, -0.2) is 67.3 Å². The van der Waals surface area contributed by atoms with E-state index in [9.17, 15) is 0 Å².